The summed E-state index contributed by atoms with van der Waals surface area (Å²) in [6, 6.07) is 9.66. The first-order chi connectivity index (χ1) is 13.9. The first-order valence-electron chi connectivity index (χ1n) is 9.04. The molecule has 9 heteroatoms. The topological polar surface area (TPSA) is 82.1 Å². The fraction of sp³-hybridized carbons (Fsp3) is 0.350. The van der Waals surface area contributed by atoms with Gasteiger partial charge in [-0.1, -0.05) is 15.9 Å². The highest BCUT2D eigenvalue weighted by molar-refractivity contribution is 9.10. The first-order valence-corrected chi connectivity index (χ1v) is 11.3. The maximum Gasteiger partial charge on any atom is 0.338 e. The highest BCUT2D eigenvalue weighted by atomic mass is 79.9. The van der Waals surface area contributed by atoms with E-state index in [1.807, 2.05) is 6.07 Å². The van der Waals surface area contributed by atoms with Crippen LogP contribution in [0.15, 0.2) is 45.8 Å². The molecule has 1 heterocycles. The fourth-order valence-electron chi connectivity index (χ4n) is 3.16. The van der Waals surface area contributed by atoms with Gasteiger partial charge in [0, 0.05) is 23.1 Å². The highest BCUT2D eigenvalue weighted by Gasteiger charge is 2.30. The maximum atomic E-state index is 13.0. The smallest absolute Gasteiger partial charge is 0.338 e. The second-order valence-electron chi connectivity index (χ2n) is 6.51. The van der Waals surface area contributed by atoms with Gasteiger partial charge in [-0.3, -0.25) is 0 Å². The van der Waals surface area contributed by atoms with E-state index in [4.69, 9.17) is 14.2 Å². The average molecular weight is 484 g/mol. The molecule has 0 N–H and O–H groups in total. The van der Waals surface area contributed by atoms with E-state index in [2.05, 4.69) is 15.9 Å². The van der Waals surface area contributed by atoms with Gasteiger partial charge in [-0.15, -0.1) is 0 Å². The molecule has 7 nitrogen and oxygen atoms in total. The molecule has 0 atom stereocenters. The molecule has 0 aliphatic carbocycles. The Bertz CT molecular complexity index is 1000. The van der Waals surface area contributed by atoms with Gasteiger partial charge in [-0.2, -0.15) is 4.31 Å². The molecule has 0 aromatic heterocycles. The van der Waals surface area contributed by atoms with Crippen molar-refractivity contribution in [3.8, 4) is 11.5 Å². The Morgan fingerprint density at radius 2 is 1.69 bits per heavy atom. The van der Waals surface area contributed by atoms with Crippen LogP contribution in [-0.4, -0.2) is 46.0 Å². The van der Waals surface area contributed by atoms with Crippen LogP contribution in [0, 0.1) is 0 Å². The van der Waals surface area contributed by atoms with Gasteiger partial charge < -0.3 is 14.2 Å². The standard InChI is InChI=1S/C20H22BrNO6S/c1-26-17-8-6-16(21)11-15(17)13-28-20(23)14-5-7-18(27-2)19(12-14)29(24,25)22-9-3-4-10-22/h5-8,11-12H,3-4,9-10,13H2,1-2H3. The summed E-state index contributed by atoms with van der Waals surface area (Å²) in [5.74, 6) is 0.155. The van der Waals surface area contributed by atoms with E-state index in [1.165, 1.54) is 36.7 Å². The molecule has 0 bridgehead atoms. The van der Waals surface area contributed by atoms with E-state index in [-0.39, 0.29) is 22.8 Å². The maximum absolute atomic E-state index is 13.0. The Hall–Kier alpha value is -2.10. The van der Waals surface area contributed by atoms with Crippen LogP contribution in [0.1, 0.15) is 28.8 Å². The summed E-state index contributed by atoms with van der Waals surface area (Å²) in [6.07, 6.45) is 1.63. The molecular weight excluding hydrogens is 462 g/mol. The molecule has 2 aromatic rings. The summed E-state index contributed by atoms with van der Waals surface area (Å²) in [4.78, 5) is 12.5. The molecule has 29 heavy (non-hydrogen) atoms. The van der Waals surface area contributed by atoms with Gasteiger partial charge in [0.05, 0.1) is 19.8 Å². The van der Waals surface area contributed by atoms with Gasteiger partial charge in [0.2, 0.25) is 10.0 Å². The number of methoxy groups -OCH3 is 2. The lowest BCUT2D eigenvalue weighted by molar-refractivity contribution is 0.0469. The lowest BCUT2D eigenvalue weighted by atomic mass is 10.2. The van der Waals surface area contributed by atoms with Crippen molar-refractivity contribution >= 4 is 31.9 Å². The molecule has 0 amide bonds. The van der Waals surface area contributed by atoms with E-state index < -0.39 is 16.0 Å². The van der Waals surface area contributed by atoms with Crippen molar-refractivity contribution in [3.63, 3.8) is 0 Å². The van der Waals surface area contributed by atoms with Gasteiger partial charge >= 0.3 is 5.97 Å². The Morgan fingerprint density at radius 1 is 1.03 bits per heavy atom. The summed E-state index contributed by atoms with van der Waals surface area (Å²) in [6.45, 7) is 0.910. The van der Waals surface area contributed by atoms with Gasteiger partial charge in [0.15, 0.2) is 0 Å². The molecular formula is C20H22BrNO6S. The van der Waals surface area contributed by atoms with Crippen LogP contribution in [0.5, 0.6) is 11.5 Å². The number of carbonyl (C=O) groups is 1. The van der Waals surface area contributed by atoms with Gasteiger partial charge in [-0.05, 0) is 49.2 Å². The third-order valence-electron chi connectivity index (χ3n) is 4.68. The number of carbonyl (C=O) groups excluding carboxylic acids is 1. The van der Waals surface area contributed by atoms with Gasteiger partial charge in [0.1, 0.15) is 23.0 Å². The Labute approximate surface area is 178 Å². The van der Waals surface area contributed by atoms with Crippen molar-refractivity contribution in [1.82, 2.24) is 4.31 Å². The molecule has 3 rings (SSSR count). The Kier molecular flexibility index (Phi) is 6.81. The number of hydrogen-bond acceptors (Lipinski definition) is 6. The van der Waals surface area contributed by atoms with Crippen molar-refractivity contribution in [1.29, 1.82) is 0 Å². The number of hydrogen-bond donors (Lipinski definition) is 0. The van der Waals surface area contributed by atoms with Crippen LogP contribution >= 0.6 is 15.9 Å². The second kappa shape index (κ2) is 9.15. The average Bonchev–Trinajstić information content (AvgIpc) is 3.27. The van der Waals surface area contributed by atoms with E-state index in [1.54, 1.807) is 12.1 Å². The molecule has 1 saturated heterocycles. The number of ether oxygens (including phenoxy) is 3. The summed E-state index contributed by atoms with van der Waals surface area (Å²) < 4.78 is 44.0. The SMILES string of the molecule is COc1ccc(Br)cc1COC(=O)c1ccc(OC)c(S(=O)(=O)N2CCCC2)c1. The zero-order valence-electron chi connectivity index (χ0n) is 16.2. The quantitative estimate of drug-likeness (QED) is 0.559. The van der Waals surface area contributed by atoms with Crippen molar-refractivity contribution in [3.05, 3.63) is 52.0 Å². The Morgan fingerprint density at radius 3 is 2.34 bits per heavy atom. The predicted octanol–water partition coefficient (Wildman–Crippen LogP) is 3.61. The van der Waals surface area contributed by atoms with Crippen molar-refractivity contribution in [2.45, 2.75) is 24.3 Å². The van der Waals surface area contributed by atoms with E-state index in [0.717, 1.165) is 17.3 Å². The molecule has 0 saturated carbocycles. The van der Waals surface area contributed by atoms with E-state index >= 15 is 0 Å². The van der Waals surface area contributed by atoms with Crippen molar-refractivity contribution in [2.75, 3.05) is 27.3 Å². The zero-order chi connectivity index (χ0) is 21.0. The summed E-state index contributed by atoms with van der Waals surface area (Å²) in [7, 11) is -0.813. The fourth-order valence-corrected chi connectivity index (χ4v) is 5.27. The first kappa shape index (κ1) is 21.6. The highest BCUT2D eigenvalue weighted by Crippen LogP contribution is 2.30. The molecule has 1 aliphatic heterocycles. The zero-order valence-corrected chi connectivity index (χ0v) is 18.6. The largest absolute Gasteiger partial charge is 0.496 e. The molecule has 156 valence electrons. The number of benzene rings is 2. The summed E-state index contributed by atoms with van der Waals surface area (Å²) >= 11 is 3.38. The summed E-state index contributed by atoms with van der Waals surface area (Å²) in [5.41, 5.74) is 0.825. The second-order valence-corrected chi connectivity index (χ2v) is 9.33. The van der Waals surface area contributed by atoms with E-state index in [0.29, 0.717) is 24.4 Å². The van der Waals surface area contributed by atoms with Crippen LogP contribution in [0.3, 0.4) is 0 Å². The molecule has 0 spiro atoms. The number of rotatable bonds is 7. The number of nitrogens with zero attached hydrogens (tertiary/aromatic N) is 1. The van der Waals surface area contributed by atoms with Crippen molar-refractivity contribution in [2.24, 2.45) is 0 Å². The lowest BCUT2D eigenvalue weighted by Crippen LogP contribution is -2.28. The molecule has 0 radical (unpaired) electrons. The Balaban J connectivity index is 1.84. The molecule has 0 unspecified atom stereocenters. The molecule has 2 aromatic carbocycles. The van der Waals surface area contributed by atoms with Crippen LogP contribution in [-0.2, 0) is 21.4 Å². The number of sulfonamides is 1. The predicted molar refractivity (Wildman–Crippen MR) is 111 cm³/mol. The number of halogens is 1. The lowest BCUT2D eigenvalue weighted by Gasteiger charge is -2.18. The minimum atomic E-state index is -3.75. The van der Waals surface area contributed by atoms with Gasteiger partial charge in [-0.25, -0.2) is 13.2 Å². The molecule has 1 aliphatic rings. The van der Waals surface area contributed by atoms with Gasteiger partial charge in [0.25, 0.3) is 0 Å². The van der Waals surface area contributed by atoms with Crippen LogP contribution in [0.4, 0.5) is 0 Å². The minimum absolute atomic E-state index is 0.0122. The summed E-state index contributed by atoms with van der Waals surface area (Å²) in [5, 5.41) is 0. The van der Waals surface area contributed by atoms with Crippen LogP contribution < -0.4 is 9.47 Å². The van der Waals surface area contributed by atoms with Crippen LogP contribution in [0.25, 0.3) is 0 Å². The monoisotopic (exact) mass is 483 g/mol. The molecule has 1 fully saturated rings. The third kappa shape index (κ3) is 4.73. The number of esters is 1. The third-order valence-corrected chi connectivity index (χ3v) is 7.10. The van der Waals surface area contributed by atoms with Crippen LogP contribution in [0.2, 0.25) is 0 Å². The van der Waals surface area contributed by atoms with Crippen molar-refractivity contribution < 1.29 is 27.4 Å². The normalized spacial score (nSPS) is 14.6. The minimum Gasteiger partial charge on any atom is -0.496 e. The van der Waals surface area contributed by atoms with E-state index in [9.17, 15) is 13.2 Å².